The molecule has 0 fully saturated rings. The summed E-state index contributed by atoms with van der Waals surface area (Å²) >= 11 is 3.39. The van der Waals surface area contributed by atoms with Crippen molar-refractivity contribution in [1.82, 2.24) is 4.98 Å². The van der Waals surface area contributed by atoms with Gasteiger partial charge in [-0.05, 0) is 34.3 Å². The van der Waals surface area contributed by atoms with Gasteiger partial charge in [0.25, 0.3) is 0 Å². The van der Waals surface area contributed by atoms with E-state index in [0.29, 0.717) is 11.8 Å². The highest BCUT2D eigenvalue weighted by atomic mass is 79.9. The van der Waals surface area contributed by atoms with Gasteiger partial charge in [-0.25, -0.2) is 4.98 Å². The van der Waals surface area contributed by atoms with Gasteiger partial charge in [0.1, 0.15) is 0 Å². The number of hydrogen-bond acceptors (Lipinski definition) is 2. The van der Waals surface area contributed by atoms with E-state index in [0.717, 1.165) is 16.5 Å². The second kappa shape index (κ2) is 5.91. The van der Waals surface area contributed by atoms with E-state index in [9.17, 15) is 0 Å². The normalized spacial score (nSPS) is 11.3. The molecule has 0 aliphatic heterocycles. The molecule has 0 N–H and O–H groups in total. The predicted octanol–water partition coefficient (Wildman–Crippen LogP) is 3.91. The average Bonchev–Trinajstić information content (AvgIpc) is 2.17. The molecule has 1 heterocycles. The van der Waals surface area contributed by atoms with Gasteiger partial charge in [0.2, 0.25) is 5.88 Å². The lowest BCUT2D eigenvalue weighted by molar-refractivity contribution is 0.396. The molecule has 3 heteroatoms. The summed E-state index contributed by atoms with van der Waals surface area (Å²) in [5, 5.41) is 0. The Morgan fingerprint density at radius 2 is 2.27 bits per heavy atom. The molecule has 0 amide bonds. The summed E-state index contributed by atoms with van der Waals surface area (Å²) in [6, 6.07) is 2.00. The summed E-state index contributed by atoms with van der Waals surface area (Å²) < 4.78 is 6.14. The van der Waals surface area contributed by atoms with Crippen LogP contribution in [0, 0.1) is 5.92 Å². The molecule has 1 rings (SSSR count). The molecule has 0 aromatic carbocycles. The number of allylic oxidation sites excluding steroid dienone is 1. The molecule has 0 atom stereocenters. The molecular weight excluding hydrogens is 254 g/mol. The second-order valence-electron chi connectivity index (χ2n) is 3.78. The highest BCUT2D eigenvalue weighted by Gasteiger charge is 2.01. The largest absolute Gasteiger partial charge is 0.481 e. The van der Waals surface area contributed by atoms with E-state index < -0.39 is 0 Å². The van der Waals surface area contributed by atoms with Crippen molar-refractivity contribution in [3.8, 4) is 5.88 Å². The third-order valence-electron chi connectivity index (χ3n) is 1.94. The van der Waals surface area contributed by atoms with Crippen LogP contribution in [0.2, 0.25) is 0 Å². The Morgan fingerprint density at radius 3 is 2.87 bits per heavy atom. The molecule has 0 unspecified atom stereocenters. The molecule has 15 heavy (non-hydrogen) atoms. The van der Waals surface area contributed by atoms with Gasteiger partial charge in [0.05, 0.1) is 7.11 Å². The first kappa shape index (κ1) is 12.2. The lowest BCUT2D eigenvalue weighted by atomic mass is 10.1. The van der Waals surface area contributed by atoms with Gasteiger partial charge < -0.3 is 4.74 Å². The highest BCUT2D eigenvalue weighted by Crippen LogP contribution is 2.21. The van der Waals surface area contributed by atoms with Crippen LogP contribution in [0.15, 0.2) is 22.8 Å². The zero-order valence-electron chi connectivity index (χ0n) is 9.33. The summed E-state index contributed by atoms with van der Waals surface area (Å²) in [5.41, 5.74) is 1.01. The molecular formula is C12H16BrNO. The first-order chi connectivity index (χ1) is 7.13. The fourth-order valence-electron chi connectivity index (χ4n) is 1.20. The van der Waals surface area contributed by atoms with Crippen molar-refractivity contribution in [2.24, 2.45) is 5.92 Å². The average molecular weight is 270 g/mol. The minimum Gasteiger partial charge on any atom is -0.481 e. The van der Waals surface area contributed by atoms with Crippen LogP contribution in [0.3, 0.4) is 0 Å². The minimum absolute atomic E-state index is 0.665. The van der Waals surface area contributed by atoms with E-state index in [1.807, 2.05) is 6.07 Å². The van der Waals surface area contributed by atoms with Crippen LogP contribution in [0.4, 0.5) is 0 Å². The number of aromatic nitrogens is 1. The number of halogens is 1. The highest BCUT2D eigenvalue weighted by molar-refractivity contribution is 9.10. The van der Waals surface area contributed by atoms with Crippen LogP contribution in [0.25, 0.3) is 6.08 Å². The van der Waals surface area contributed by atoms with E-state index in [-0.39, 0.29) is 0 Å². The van der Waals surface area contributed by atoms with E-state index in [1.54, 1.807) is 13.3 Å². The van der Waals surface area contributed by atoms with E-state index in [2.05, 4.69) is 46.9 Å². The summed E-state index contributed by atoms with van der Waals surface area (Å²) in [5.74, 6) is 1.34. The number of nitrogens with zero attached hydrogens (tertiary/aromatic N) is 1. The Balaban J connectivity index is 2.82. The zero-order valence-corrected chi connectivity index (χ0v) is 10.9. The second-order valence-corrected chi connectivity index (χ2v) is 4.70. The molecule has 82 valence electrons. The van der Waals surface area contributed by atoms with Crippen LogP contribution >= 0.6 is 15.9 Å². The van der Waals surface area contributed by atoms with Gasteiger partial charge >= 0.3 is 0 Å². The fourth-order valence-corrected chi connectivity index (χ4v) is 1.55. The zero-order chi connectivity index (χ0) is 11.3. The predicted molar refractivity (Wildman–Crippen MR) is 67.0 cm³/mol. The molecule has 0 saturated heterocycles. The maximum atomic E-state index is 5.17. The number of methoxy groups -OCH3 is 1. The topological polar surface area (TPSA) is 22.1 Å². The van der Waals surface area contributed by atoms with Crippen molar-refractivity contribution in [3.63, 3.8) is 0 Å². The van der Waals surface area contributed by atoms with Crippen LogP contribution in [-0.2, 0) is 0 Å². The molecule has 0 aliphatic carbocycles. The first-order valence-electron chi connectivity index (χ1n) is 4.99. The van der Waals surface area contributed by atoms with Crippen LogP contribution < -0.4 is 4.74 Å². The van der Waals surface area contributed by atoms with Crippen molar-refractivity contribution in [3.05, 3.63) is 28.4 Å². The van der Waals surface area contributed by atoms with Gasteiger partial charge in [0.15, 0.2) is 0 Å². The van der Waals surface area contributed by atoms with Crippen LogP contribution in [-0.4, -0.2) is 12.1 Å². The van der Waals surface area contributed by atoms with Gasteiger partial charge in [-0.2, -0.15) is 0 Å². The summed E-state index contributed by atoms with van der Waals surface area (Å²) in [4.78, 5) is 4.17. The quantitative estimate of drug-likeness (QED) is 0.827. The van der Waals surface area contributed by atoms with Gasteiger partial charge in [0, 0.05) is 16.2 Å². The number of ether oxygens (including phenoxy) is 1. The maximum Gasteiger partial charge on any atom is 0.220 e. The van der Waals surface area contributed by atoms with Crippen LogP contribution in [0.1, 0.15) is 25.8 Å². The third kappa shape index (κ3) is 4.04. The van der Waals surface area contributed by atoms with Crippen molar-refractivity contribution in [1.29, 1.82) is 0 Å². The molecule has 0 saturated carbocycles. The Bertz CT molecular complexity index is 347. The first-order valence-corrected chi connectivity index (χ1v) is 5.79. The summed E-state index contributed by atoms with van der Waals surface area (Å²) in [6.45, 7) is 4.39. The van der Waals surface area contributed by atoms with E-state index in [1.165, 1.54) is 0 Å². The fraction of sp³-hybridized carbons (Fsp3) is 0.417. The minimum atomic E-state index is 0.665. The van der Waals surface area contributed by atoms with E-state index >= 15 is 0 Å². The number of rotatable bonds is 4. The monoisotopic (exact) mass is 269 g/mol. The number of pyridine rings is 1. The van der Waals surface area contributed by atoms with Crippen LogP contribution in [0.5, 0.6) is 5.88 Å². The molecule has 1 aromatic heterocycles. The number of hydrogen-bond donors (Lipinski definition) is 0. The van der Waals surface area contributed by atoms with Crippen molar-refractivity contribution in [2.45, 2.75) is 20.3 Å². The Hall–Kier alpha value is -0.830. The van der Waals surface area contributed by atoms with E-state index in [4.69, 9.17) is 4.74 Å². The molecule has 0 aliphatic rings. The van der Waals surface area contributed by atoms with Gasteiger partial charge in [-0.3, -0.25) is 0 Å². The lowest BCUT2D eigenvalue weighted by Crippen LogP contribution is -1.90. The third-order valence-corrected chi connectivity index (χ3v) is 2.38. The lowest BCUT2D eigenvalue weighted by Gasteiger charge is -2.04. The molecule has 0 radical (unpaired) electrons. The maximum absolute atomic E-state index is 5.17. The molecule has 2 nitrogen and oxygen atoms in total. The standard InChI is InChI=1S/C12H16BrNO/c1-9(2)5-4-6-10-7-11(13)8-14-12(10)15-3/h4,6-9H,5H2,1-3H3. The molecule has 0 bridgehead atoms. The van der Waals surface area contributed by atoms with Crippen molar-refractivity contribution < 1.29 is 4.74 Å². The smallest absolute Gasteiger partial charge is 0.220 e. The van der Waals surface area contributed by atoms with Crippen molar-refractivity contribution >= 4 is 22.0 Å². The van der Waals surface area contributed by atoms with Crippen molar-refractivity contribution in [2.75, 3.05) is 7.11 Å². The Labute approximate surface area is 99.5 Å². The molecule has 0 spiro atoms. The SMILES string of the molecule is COc1ncc(Br)cc1C=CCC(C)C. The van der Waals surface area contributed by atoms with Gasteiger partial charge in [-0.1, -0.05) is 26.0 Å². The summed E-state index contributed by atoms with van der Waals surface area (Å²) in [7, 11) is 1.63. The Kier molecular flexibility index (Phi) is 4.82. The van der Waals surface area contributed by atoms with Gasteiger partial charge in [-0.15, -0.1) is 0 Å². The summed E-state index contributed by atoms with van der Waals surface area (Å²) in [6.07, 6.45) is 7.00. The molecule has 1 aromatic rings. The Morgan fingerprint density at radius 1 is 1.53 bits per heavy atom.